The second-order valence-electron chi connectivity index (χ2n) is 9.69. The first-order chi connectivity index (χ1) is 18.6. The van der Waals surface area contributed by atoms with Gasteiger partial charge in [0.2, 0.25) is 11.8 Å². The van der Waals surface area contributed by atoms with Crippen LogP contribution in [0.1, 0.15) is 35.4 Å². The van der Waals surface area contributed by atoms with Gasteiger partial charge in [-0.05, 0) is 58.9 Å². The van der Waals surface area contributed by atoms with Gasteiger partial charge in [0, 0.05) is 37.1 Å². The van der Waals surface area contributed by atoms with E-state index in [0.717, 1.165) is 53.7 Å². The Hall–Kier alpha value is -4.29. The number of likely N-dealkylation sites (tertiary alicyclic amines) is 1. The van der Waals surface area contributed by atoms with Crippen LogP contribution in [0.4, 0.5) is 5.69 Å². The van der Waals surface area contributed by atoms with Crippen LogP contribution in [0.25, 0.3) is 11.1 Å². The molecule has 1 aromatic heterocycles. The number of pyridine rings is 1. The van der Waals surface area contributed by atoms with Crippen LogP contribution in [-0.4, -0.2) is 40.8 Å². The van der Waals surface area contributed by atoms with Gasteiger partial charge in [0.1, 0.15) is 0 Å². The fourth-order valence-electron chi connectivity index (χ4n) is 5.13. The van der Waals surface area contributed by atoms with Gasteiger partial charge in [-0.25, -0.2) is 0 Å². The number of nitrogens with zero attached hydrogens (tertiary/aromatic N) is 2. The van der Waals surface area contributed by atoms with Gasteiger partial charge in [-0.3, -0.25) is 14.6 Å². The van der Waals surface area contributed by atoms with Crippen LogP contribution in [-0.2, 0) is 16.0 Å². The largest absolute Gasteiger partial charge is 0.342 e. The molecule has 3 N–H and O–H groups in total. The molecule has 0 saturated carbocycles. The number of aromatic nitrogens is 1. The van der Waals surface area contributed by atoms with Gasteiger partial charge in [-0.1, -0.05) is 72.8 Å². The average molecular weight is 505 g/mol. The summed E-state index contributed by atoms with van der Waals surface area (Å²) in [6.45, 7) is 1.67. The van der Waals surface area contributed by atoms with Crippen molar-refractivity contribution in [3.63, 3.8) is 0 Å². The van der Waals surface area contributed by atoms with Gasteiger partial charge in [-0.15, -0.1) is 0 Å². The molecule has 0 aliphatic carbocycles. The Morgan fingerprint density at radius 1 is 0.842 bits per heavy atom. The normalized spacial score (nSPS) is 13.9. The predicted molar refractivity (Wildman–Crippen MR) is 151 cm³/mol. The molecule has 2 heterocycles. The highest BCUT2D eigenvalue weighted by Crippen LogP contribution is 2.29. The van der Waals surface area contributed by atoms with Crippen LogP contribution in [0.15, 0.2) is 103 Å². The SMILES string of the molecule is N[C@H](C(=O)Nc1ccc(-c2ccncc2CC(=O)N2CCCC2)cc1)C(c1ccccc1)c1ccccc1. The number of hydrogen-bond acceptors (Lipinski definition) is 4. The zero-order chi connectivity index (χ0) is 26.3. The molecule has 192 valence electrons. The Morgan fingerprint density at radius 2 is 1.45 bits per heavy atom. The van der Waals surface area contributed by atoms with E-state index in [0.29, 0.717) is 12.1 Å². The maximum absolute atomic E-state index is 13.3. The molecule has 0 radical (unpaired) electrons. The molecule has 1 aliphatic rings. The number of carbonyl (C=O) groups is 2. The van der Waals surface area contributed by atoms with Crippen LogP contribution >= 0.6 is 0 Å². The Morgan fingerprint density at radius 3 is 2.05 bits per heavy atom. The number of amides is 2. The van der Waals surface area contributed by atoms with E-state index in [9.17, 15) is 9.59 Å². The van der Waals surface area contributed by atoms with Gasteiger partial charge in [0.25, 0.3) is 0 Å². The highest BCUT2D eigenvalue weighted by atomic mass is 16.2. The van der Waals surface area contributed by atoms with E-state index in [2.05, 4.69) is 10.3 Å². The molecule has 1 saturated heterocycles. The van der Waals surface area contributed by atoms with E-state index in [4.69, 9.17) is 5.73 Å². The van der Waals surface area contributed by atoms with Gasteiger partial charge in [0.05, 0.1) is 12.5 Å². The van der Waals surface area contributed by atoms with Gasteiger partial charge in [0.15, 0.2) is 0 Å². The summed E-state index contributed by atoms with van der Waals surface area (Å²) in [5.74, 6) is -0.388. The van der Waals surface area contributed by atoms with Crippen molar-refractivity contribution < 1.29 is 9.59 Å². The lowest BCUT2D eigenvalue weighted by molar-refractivity contribution is -0.129. The summed E-state index contributed by atoms with van der Waals surface area (Å²) in [4.78, 5) is 32.2. The number of nitrogens with two attached hydrogens (primary N) is 1. The summed E-state index contributed by atoms with van der Waals surface area (Å²) in [6.07, 6.45) is 5.98. The fourth-order valence-corrected chi connectivity index (χ4v) is 5.13. The van der Waals surface area contributed by atoms with Crippen molar-refractivity contribution in [3.8, 4) is 11.1 Å². The molecule has 0 bridgehead atoms. The highest BCUT2D eigenvalue weighted by molar-refractivity contribution is 5.96. The van der Waals surface area contributed by atoms with Crippen molar-refractivity contribution in [1.29, 1.82) is 0 Å². The van der Waals surface area contributed by atoms with Crippen molar-refractivity contribution >= 4 is 17.5 Å². The van der Waals surface area contributed by atoms with Crippen LogP contribution in [0.3, 0.4) is 0 Å². The third-order valence-electron chi connectivity index (χ3n) is 7.15. The molecule has 1 atom stereocenters. The molecule has 38 heavy (non-hydrogen) atoms. The average Bonchev–Trinajstić information content (AvgIpc) is 3.51. The van der Waals surface area contributed by atoms with Crippen LogP contribution in [0.2, 0.25) is 0 Å². The maximum Gasteiger partial charge on any atom is 0.242 e. The third-order valence-corrected chi connectivity index (χ3v) is 7.15. The van der Waals surface area contributed by atoms with E-state index in [1.165, 1.54) is 0 Å². The molecule has 5 rings (SSSR count). The molecule has 0 spiro atoms. The highest BCUT2D eigenvalue weighted by Gasteiger charge is 2.28. The summed E-state index contributed by atoms with van der Waals surface area (Å²) < 4.78 is 0. The first kappa shape index (κ1) is 25.4. The van der Waals surface area contributed by atoms with Crippen molar-refractivity contribution in [3.05, 3.63) is 120 Å². The molecule has 6 heteroatoms. The number of carbonyl (C=O) groups excluding carboxylic acids is 2. The molecule has 2 amide bonds. The minimum atomic E-state index is -0.775. The lowest BCUT2D eigenvalue weighted by atomic mass is 9.85. The second-order valence-corrected chi connectivity index (χ2v) is 9.69. The minimum Gasteiger partial charge on any atom is -0.342 e. The number of nitrogens with one attached hydrogen (secondary N) is 1. The molecule has 0 unspecified atom stereocenters. The van der Waals surface area contributed by atoms with Gasteiger partial charge >= 0.3 is 0 Å². The standard InChI is InChI=1S/C32H32N4O2/c33-31(30(24-9-3-1-4-10-24)25-11-5-2-6-12-25)32(38)35-27-15-13-23(14-16-27)28-17-18-34-22-26(28)21-29(37)36-19-7-8-20-36/h1-6,9-18,22,30-31H,7-8,19-21,33H2,(H,35,38)/t31-/m0/s1. The first-order valence-corrected chi connectivity index (χ1v) is 13.1. The Bertz CT molecular complexity index is 1330. The fraction of sp³-hybridized carbons (Fsp3) is 0.219. The molecule has 6 nitrogen and oxygen atoms in total. The molecule has 1 aliphatic heterocycles. The number of anilines is 1. The predicted octanol–water partition coefficient (Wildman–Crippen LogP) is 5.01. The molecule has 3 aromatic carbocycles. The maximum atomic E-state index is 13.3. The van der Waals surface area contributed by atoms with Crippen molar-refractivity contribution in [2.75, 3.05) is 18.4 Å². The quantitative estimate of drug-likeness (QED) is 0.353. The molecule has 4 aromatic rings. The van der Waals surface area contributed by atoms with Crippen molar-refractivity contribution in [2.45, 2.75) is 31.2 Å². The molecular formula is C32H32N4O2. The van der Waals surface area contributed by atoms with Crippen LogP contribution in [0, 0.1) is 0 Å². The van der Waals surface area contributed by atoms with E-state index in [-0.39, 0.29) is 17.7 Å². The van der Waals surface area contributed by atoms with Gasteiger partial charge in [-0.2, -0.15) is 0 Å². The zero-order valence-corrected chi connectivity index (χ0v) is 21.3. The van der Waals surface area contributed by atoms with Crippen molar-refractivity contribution in [1.82, 2.24) is 9.88 Å². The summed E-state index contributed by atoms with van der Waals surface area (Å²) in [7, 11) is 0. The zero-order valence-electron chi connectivity index (χ0n) is 21.3. The second kappa shape index (κ2) is 11.8. The summed E-state index contributed by atoms with van der Waals surface area (Å²) in [6, 6.07) is 28.5. The number of rotatable bonds is 8. The lowest BCUT2D eigenvalue weighted by Gasteiger charge is -2.24. The van der Waals surface area contributed by atoms with E-state index < -0.39 is 6.04 Å². The topological polar surface area (TPSA) is 88.3 Å². The van der Waals surface area contributed by atoms with Crippen LogP contribution < -0.4 is 11.1 Å². The molecule has 1 fully saturated rings. The Labute approximate surface area is 223 Å². The van der Waals surface area contributed by atoms with E-state index >= 15 is 0 Å². The Balaban J connectivity index is 1.31. The minimum absolute atomic E-state index is 0.140. The number of hydrogen-bond donors (Lipinski definition) is 2. The monoisotopic (exact) mass is 504 g/mol. The summed E-state index contributed by atoms with van der Waals surface area (Å²) in [5.41, 5.74) is 12.0. The van der Waals surface area contributed by atoms with Crippen molar-refractivity contribution in [2.24, 2.45) is 5.73 Å². The molecular weight excluding hydrogens is 472 g/mol. The Kier molecular flexibility index (Phi) is 7.90. The smallest absolute Gasteiger partial charge is 0.242 e. The third kappa shape index (κ3) is 5.82. The van der Waals surface area contributed by atoms with E-state index in [1.54, 1.807) is 12.4 Å². The summed E-state index contributed by atoms with van der Waals surface area (Å²) >= 11 is 0. The lowest BCUT2D eigenvalue weighted by Crippen LogP contribution is -2.41. The number of benzene rings is 3. The summed E-state index contributed by atoms with van der Waals surface area (Å²) in [5, 5.41) is 2.99. The first-order valence-electron chi connectivity index (χ1n) is 13.1. The van der Waals surface area contributed by atoms with E-state index in [1.807, 2.05) is 95.9 Å². The van der Waals surface area contributed by atoms with Gasteiger partial charge < -0.3 is 16.0 Å². The van der Waals surface area contributed by atoms with Crippen LogP contribution in [0.5, 0.6) is 0 Å².